The third-order valence-corrected chi connectivity index (χ3v) is 7.24. The minimum absolute atomic E-state index is 0.705. The standard InChI is InChI=1S/C10H16S2/c1-9-5-7(10(2)6-11-10)3-4-8(9)12-9/h7-8H,3-6H2,1-2H3/t7-,8?,9?,10?/m0/s1. The van der Waals surface area contributed by atoms with Gasteiger partial charge in [0.15, 0.2) is 0 Å². The summed E-state index contributed by atoms with van der Waals surface area (Å²) in [6.07, 6.45) is 4.52. The molecule has 0 bridgehead atoms. The Morgan fingerprint density at radius 3 is 2.50 bits per heavy atom. The Morgan fingerprint density at radius 2 is 1.92 bits per heavy atom. The number of fused-ring (bicyclic) bond motifs is 1. The monoisotopic (exact) mass is 200 g/mol. The SMILES string of the molecule is CC12C[C@@H](C3(C)CS3)CCC1S2. The molecule has 0 spiro atoms. The largest absolute Gasteiger partial charge is 0.153 e. The van der Waals surface area contributed by atoms with E-state index in [4.69, 9.17) is 0 Å². The molecule has 3 fully saturated rings. The van der Waals surface area contributed by atoms with Gasteiger partial charge >= 0.3 is 0 Å². The molecule has 0 N–H and O–H groups in total. The van der Waals surface area contributed by atoms with Crippen molar-refractivity contribution in [3.63, 3.8) is 0 Å². The van der Waals surface area contributed by atoms with Crippen molar-refractivity contribution in [2.24, 2.45) is 5.92 Å². The quantitative estimate of drug-likeness (QED) is 0.596. The normalized spacial score (nSPS) is 62.5. The predicted molar refractivity (Wildman–Crippen MR) is 58.0 cm³/mol. The fraction of sp³-hybridized carbons (Fsp3) is 1.00. The van der Waals surface area contributed by atoms with Crippen LogP contribution in [0.3, 0.4) is 0 Å². The van der Waals surface area contributed by atoms with Gasteiger partial charge in [0.1, 0.15) is 0 Å². The lowest BCUT2D eigenvalue weighted by atomic mass is 9.77. The molecule has 12 heavy (non-hydrogen) atoms. The molecule has 0 aromatic carbocycles. The molecule has 0 nitrogen and oxygen atoms in total. The van der Waals surface area contributed by atoms with Crippen LogP contribution < -0.4 is 0 Å². The molecule has 0 aromatic rings. The zero-order chi connectivity index (χ0) is 8.40. The zero-order valence-corrected chi connectivity index (χ0v) is 9.43. The Labute approximate surface area is 83.3 Å². The van der Waals surface area contributed by atoms with Crippen LogP contribution in [0.15, 0.2) is 0 Å². The molecule has 2 aliphatic heterocycles. The van der Waals surface area contributed by atoms with Crippen LogP contribution in [-0.4, -0.2) is 20.5 Å². The molecule has 3 rings (SSSR count). The highest BCUT2D eigenvalue weighted by molar-refractivity contribution is 8.08. The van der Waals surface area contributed by atoms with E-state index < -0.39 is 0 Å². The third kappa shape index (κ3) is 1.07. The molecule has 68 valence electrons. The van der Waals surface area contributed by atoms with Crippen LogP contribution in [0.1, 0.15) is 33.1 Å². The molecule has 3 aliphatic rings. The van der Waals surface area contributed by atoms with Crippen molar-refractivity contribution in [3.05, 3.63) is 0 Å². The summed E-state index contributed by atoms with van der Waals surface area (Å²) in [7, 11) is 0. The van der Waals surface area contributed by atoms with Crippen LogP contribution in [-0.2, 0) is 0 Å². The van der Waals surface area contributed by atoms with E-state index in [0.717, 1.165) is 15.9 Å². The molecule has 2 saturated heterocycles. The minimum atomic E-state index is 0.705. The van der Waals surface area contributed by atoms with Crippen LogP contribution in [0.2, 0.25) is 0 Å². The average Bonchev–Trinajstić information content (AvgIpc) is 2.86. The maximum absolute atomic E-state index is 2.48. The molecule has 0 aromatic heterocycles. The lowest BCUT2D eigenvalue weighted by Crippen LogP contribution is -2.30. The third-order valence-electron chi connectivity index (χ3n) is 3.93. The van der Waals surface area contributed by atoms with Gasteiger partial charge in [0, 0.05) is 20.5 Å². The van der Waals surface area contributed by atoms with Crippen molar-refractivity contribution in [2.75, 3.05) is 5.75 Å². The van der Waals surface area contributed by atoms with Crippen molar-refractivity contribution >= 4 is 23.5 Å². The Bertz CT molecular complexity index is 222. The first-order chi connectivity index (χ1) is 5.62. The van der Waals surface area contributed by atoms with E-state index in [2.05, 4.69) is 37.4 Å². The Morgan fingerprint density at radius 1 is 1.17 bits per heavy atom. The van der Waals surface area contributed by atoms with Crippen LogP contribution in [0, 0.1) is 5.92 Å². The van der Waals surface area contributed by atoms with Crippen molar-refractivity contribution in [1.29, 1.82) is 0 Å². The fourth-order valence-corrected chi connectivity index (χ4v) is 4.90. The maximum Gasteiger partial charge on any atom is 0.0257 e. The lowest BCUT2D eigenvalue weighted by molar-refractivity contribution is 0.316. The lowest BCUT2D eigenvalue weighted by Gasteiger charge is -2.29. The number of hydrogen-bond donors (Lipinski definition) is 0. The highest BCUT2D eigenvalue weighted by Gasteiger charge is 2.59. The second-order valence-electron chi connectivity index (χ2n) is 5.00. The number of rotatable bonds is 1. The predicted octanol–water partition coefficient (Wildman–Crippen LogP) is 3.17. The molecule has 0 amide bonds. The second kappa shape index (κ2) is 2.20. The smallest absolute Gasteiger partial charge is 0.0257 e. The topological polar surface area (TPSA) is 0 Å². The van der Waals surface area contributed by atoms with E-state index in [9.17, 15) is 0 Å². The molecule has 2 heterocycles. The summed E-state index contributed by atoms with van der Waals surface area (Å²) >= 11 is 4.43. The first kappa shape index (κ1) is 8.05. The van der Waals surface area contributed by atoms with Gasteiger partial charge in [-0.1, -0.05) is 0 Å². The minimum Gasteiger partial charge on any atom is -0.153 e. The Kier molecular flexibility index (Phi) is 1.47. The van der Waals surface area contributed by atoms with Crippen LogP contribution in [0.4, 0.5) is 0 Å². The molecule has 0 radical (unpaired) electrons. The highest BCUT2D eigenvalue weighted by Crippen LogP contribution is 2.66. The zero-order valence-electron chi connectivity index (χ0n) is 7.80. The molecular formula is C10H16S2. The van der Waals surface area contributed by atoms with Gasteiger partial charge in [0.25, 0.3) is 0 Å². The van der Waals surface area contributed by atoms with E-state index in [1.165, 1.54) is 25.0 Å². The van der Waals surface area contributed by atoms with E-state index in [1.54, 1.807) is 0 Å². The van der Waals surface area contributed by atoms with Gasteiger partial charge < -0.3 is 0 Å². The van der Waals surface area contributed by atoms with Gasteiger partial charge in [0.05, 0.1) is 0 Å². The van der Waals surface area contributed by atoms with Gasteiger partial charge in [-0.25, -0.2) is 0 Å². The van der Waals surface area contributed by atoms with E-state index >= 15 is 0 Å². The molecule has 1 saturated carbocycles. The van der Waals surface area contributed by atoms with Crippen molar-refractivity contribution in [3.8, 4) is 0 Å². The molecule has 3 unspecified atom stereocenters. The summed E-state index contributed by atoms with van der Waals surface area (Å²) in [5, 5.41) is 1.04. The summed E-state index contributed by atoms with van der Waals surface area (Å²) in [5.41, 5.74) is 0. The number of thioether (sulfide) groups is 2. The molecule has 1 aliphatic carbocycles. The van der Waals surface area contributed by atoms with E-state index in [1.807, 2.05) is 0 Å². The molecule has 4 atom stereocenters. The van der Waals surface area contributed by atoms with Gasteiger partial charge in [-0.05, 0) is 39.0 Å². The summed E-state index contributed by atoms with van der Waals surface area (Å²) in [6.45, 7) is 4.95. The average molecular weight is 200 g/mol. The summed E-state index contributed by atoms with van der Waals surface area (Å²) in [5.74, 6) is 2.47. The van der Waals surface area contributed by atoms with E-state index in [0.29, 0.717) is 4.75 Å². The van der Waals surface area contributed by atoms with Gasteiger partial charge in [-0.2, -0.15) is 11.8 Å². The van der Waals surface area contributed by atoms with Gasteiger partial charge in [0.2, 0.25) is 0 Å². The Balaban J connectivity index is 1.74. The van der Waals surface area contributed by atoms with Crippen LogP contribution >= 0.6 is 23.5 Å². The highest BCUT2D eigenvalue weighted by atomic mass is 32.2. The maximum atomic E-state index is 2.48. The van der Waals surface area contributed by atoms with Gasteiger partial charge in [-0.15, -0.1) is 11.8 Å². The summed E-state index contributed by atoms with van der Waals surface area (Å²) in [6, 6.07) is 0. The summed E-state index contributed by atoms with van der Waals surface area (Å²) < 4.78 is 1.42. The van der Waals surface area contributed by atoms with Crippen molar-refractivity contribution < 1.29 is 0 Å². The van der Waals surface area contributed by atoms with Crippen molar-refractivity contribution in [1.82, 2.24) is 0 Å². The molecule has 2 heteroatoms. The van der Waals surface area contributed by atoms with Crippen LogP contribution in [0.5, 0.6) is 0 Å². The van der Waals surface area contributed by atoms with Crippen LogP contribution in [0.25, 0.3) is 0 Å². The van der Waals surface area contributed by atoms with E-state index in [-0.39, 0.29) is 0 Å². The first-order valence-corrected chi connectivity index (χ1v) is 6.81. The fourth-order valence-electron chi connectivity index (χ4n) is 2.65. The second-order valence-corrected chi connectivity index (χ2v) is 8.25. The molecular weight excluding hydrogens is 184 g/mol. The van der Waals surface area contributed by atoms with Gasteiger partial charge in [-0.3, -0.25) is 0 Å². The van der Waals surface area contributed by atoms with Crippen molar-refractivity contribution in [2.45, 2.75) is 47.9 Å². The Hall–Kier alpha value is 0.700. The summed E-state index contributed by atoms with van der Waals surface area (Å²) in [4.78, 5) is 0. The first-order valence-electron chi connectivity index (χ1n) is 4.94. The number of hydrogen-bond acceptors (Lipinski definition) is 2.